The van der Waals surface area contributed by atoms with Gasteiger partial charge in [-0.05, 0) is 26.0 Å². The number of methoxy groups -OCH3 is 1. The lowest BCUT2D eigenvalue weighted by Crippen LogP contribution is -2.36. The van der Waals surface area contributed by atoms with Crippen molar-refractivity contribution in [2.45, 2.75) is 32.9 Å². The molecule has 0 heterocycles. The van der Waals surface area contributed by atoms with E-state index in [-0.39, 0.29) is 0 Å². The second-order valence-corrected chi connectivity index (χ2v) is 4.30. The average molecular weight is 236 g/mol. The third-order valence-corrected chi connectivity index (χ3v) is 2.71. The zero-order chi connectivity index (χ0) is 12.5. The molecule has 1 unspecified atom stereocenters. The van der Waals surface area contributed by atoms with Gasteiger partial charge in [-0.25, -0.2) is 0 Å². The van der Waals surface area contributed by atoms with Crippen LogP contribution >= 0.6 is 0 Å². The number of ether oxygens (including phenoxy) is 1. The number of nitrogens with one attached hydrogen (secondary N) is 2. The first-order valence-electron chi connectivity index (χ1n) is 6.34. The van der Waals surface area contributed by atoms with Gasteiger partial charge in [-0.15, -0.1) is 0 Å². The first-order valence-corrected chi connectivity index (χ1v) is 6.34. The maximum absolute atomic E-state index is 5.32. The average Bonchev–Trinajstić information content (AvgIpc) is 2.37. The molecule has 0 spiro atoms. The lowest BCUT2D eigenvalue weighted by molar-refractivity contribution is 0.405. The predicted molar refractivity (Wildman–Crippen MR) is 72.5 cm³/mol. The highest BCUT2D eigenvalue weighted by molar-refractivity contribution is 5.32. The van der Waals surface area contributed by atoms with Crippen LogP contribution in [0.1, 0.15) is 25.8 Å². The van der Waals surface area contributed by atoms with E-state index >= 15 is 0 Å². The largest absolute Gasteiger partial charge is 0.496 e. The van der Waals surface area contributed by atoms with E-state index in [4.69, 9.17) is 4.74 Å². The monoisotopic (exact) mass is 236 g/mol. The summed E-state index contributed by atoms with van der Waals surface area (Å²) in [5.41, 5.74) is 1.21. The van der Waals surface area contributed by atoms with E-state index in [1.165, 1.54) is 12.0 Å². The van der Waals surface area contributed by atoms with E-state index in [0.717, 1.165) is 25.4 Å². The Hall–Kier alpha value is -1.06. The third-order valence-electron chi connectivity index (χ3n) is 2.71. The van der Waals surface area contributed by atoms with Crippen molar-refractivity contribution in [2.24, 2.45) is 0 Å². The summed E-state index contributed by atoms with van der Waals surface area (Å²) in [6.07, 6.45) is 1.18. The SMILES string of the molecule is CCCNCC(C)NCc1ccccc1OC. The normalized spacial score (nSPS) is 12.4. The van der Waals surface area contributed by atoms with Crippen LogP contribution in [-0.2, 0) is 6.54 Å². The van der Waals surface area contributed by atoms with Crippen molar-refractivity contribution in [3.8, 4) is 5.75 Å². The zero-order valence-corrected chi connectivity index (χ0v) is 11.1. The molecule has 1 atom stereocenters. The van der Waals surface area contributed by atoms with Crippen LogP contribution in [0.4, 0.5) is 0 Å². The molecule has 1 aromatic rings. The van der Waals surface area contributed by atoms with Gasteiger partial charge in [0.25, 0.3) is 0 Å². The Bertz CT molecular complexity index is 315. The van der Waals surface area contributed by atoms with Gasteiger partial charge in [0.15, 0.2) is 0 Å². The summed E-state index contributed by atoms with van der Waals surface area (Å²) in [4.78, 5) is 0. The van der Waals surface area contributed by atoms with Crippen LogP contribution in [0.3, 0.4) is 0 Å². The second-order valence-electron chi connectivity index (χ2n) is 4.30. The van der Waals surface area contributed by atoms with Gasteiger partial charge in [0.1, 0.15) is 5.75 Å². The van der Waals surface area contributed by atoms with Gasteiger partial charge >= 0.3 is 0 Å². The lowest BCUT2D eigenvalue weighted by atomic mass is 10.2. The zero-order valence-electron chi connectivity index (χ0n) is 11.1. The molecule has 0 aliphatic rings. The molecule has 96 valence electrons. The van der Waals surface area contributed by atoms with Gasteiger partial charge < -0.3 is 15.4 Å². The fraction of sp³-hybridized carbons (Fsp3) is 0.571. The van der Waals surface area contributed by atoms with Crippen molar-refractivity contribution in [2.75, 3.05) is 20.2 Å². The molecule has 1 rings (SSSR count). The molecular weight excluding hydrogens is 212 g/mol. The molecule has 2 N–H and O–H groups in total. The Balaban J connectivity index is 2.33. The highest BCUT2D eigenvalue weighted by Crippen LogP contribution is 2.16. The standard InChI is InChI=1S/C14H24N2O/c1-4-9-15-10-12(2)16-11-13-7-5-6-8-14(13)17-3/h5-8,12,15-16H,4,9-11H2,1-3H3. The van der Waals surface area contributed by atoms with Gasteiger partial charge in [0.05, 0.1) is 7.11 Å². The molecule has 0 aromatic heterocycles. The van der Waals surface area contributed by atoms with Crippen molar-refractivity contribution in [3.63, 3.8) is 0 Å². The topological polar surface area (TPSA) is 33.3 Å². The molecule has 0 amide bonds. The van der Waals surface area contributed by atoms with Crippen molar-refractivity contribution in [1.82, 2.24) is 10.6 Å². The molecular formula is C14H24N2O. The molecule has 3 heteroatoms. The van der Waals surface area contributed by atoms with Crippen LogP contribution in [0, 0.1) is 0 Å². The molecule has 3 nitrogen and oxygen atoms in total. The number of rotatable bonds is 8. The van der Waals surface area contributed by atoms with Gasteiger partial charge in [0, 0.05) is 24.7 Å². The van der Waals surface area contributed by atoms with E-state index in [9.17, 15) is 0 Å². The third kappa shape index (κ3) is 5.20. The number of hydrogen-bond donors (Lipinski definition) is 2. The molecule has 0 aliphatic carbocycles. The van der Waals surface area contributed by atoms with Crippen LogP contribution in [-0.4, -0.2) is 26.2 Å². The summed E-state index contributed by atoms with van der Waals surface area (Å²) in [5, 5.41) is 6.90. The lowest BCUT2D eigenvalue weighted by Gasteiger charge is -2.15. The van der Waals surface area contributed by atoms with Crippen LogP contribution in [0.2, 0.25) is 0 Å². The maximum Gasteiger partial charge on any atom is 0.123 e. The Kier molecular flexibility index (Phi) is 6.67. The fourth-order valence-corrected chi connectivity index (χ4v) is 1.70. The quantitative estimate of drug-likeness (QED) is 0.679. The highest BCUT2D eigenvalue weighted by atomic mass is 16.5. The first-order chi connectivity index (χ1) is 8.27. The van der Waals surface area contributed by atoms with Gasteiger partial charge in [-0.3, -0.25) is 0 Å². The number of benzene rings is 1. The molecule has 0 saturated carbocycles. The Morgan fingerprint density at radius 2 is 2.06 bits per heavy atom. The summed E-state index contributed by atoms with van der Waals surface area (Å²) in [6.45, 7) is 7.31. The molecule has 17 heavy (non-hydrogen) atoms. The Labute approximate surface area is 105 Å². The van der Waals surface area contributed by atoms with Gasteiger partial charge in [-0.2, -0.15) is 0 Å². The summed E-state index contributed by atoms with van der Waals surface area (Å²) in [7, 11) is 1.71. The minimum absolute atomic E-state index is 0.464. The number of hydrogen-bond acceptors (Lipinski definition) is 3. The first kappa shape index (κ1) is 14.0. The van der Waals surface area contributed by atoms with E-state index in [1.54, 1.807) is 7.11 Å². The van der Waals surface area contributed by atoms with Crippen LogP contribution in [0.5, 0.6) is 5.75 Å². The Morgan fingerprint density at radius 3 is 2.76 bits per heavy atom. The minimum atomic E-state index is 0.464. The van der Waals surface area contributed by atoms with Crippen LogP contribution < -0.4 is 15.4 Å². The van der Waals surface area contributed by atoms with E-state index < -0.39 is 0 Å². The highest BCUT2D eigenvalue weighted by Gasteiger charge is 2.04. The molecule has 0 saturated heterocycles. The summed E-state index contributed by atoms with van der Waals surface area (Å²) < 4.78 is 5.32. The summed E-state index contributed by atoms with van der Waals surface area (Å²) in [5.74, 6) is 0.953. The van der Waals surface area contributed by atoms with Crippen molar-refractivity contribution >= 4 is 0 Å². The van der Waals surface area contributed by atoms with E-state index in [1.807, 2.05) is 18.2 Å². The Morgan fingerprint density at radius 1 is 1.29 bits per heavy atom. The molecule has 1 aromatic carbocycles. The van der Waals surface area contributed by atoms with Crippen molar-refractivity contribution < 1.29 is 4.74 Å². The molecule has 0 aliphatic heterocycles. The van der Waals surface area contributed by atoms with Gasteiger partial charge in [0.2, 0.25) is 0 Å². The molecule has 0 radical (unpaired) electrons. The second kappa shape index (κ2) is 8.09. The minimum Gasteiger partial charge on any atom is -0.496 e. The van der Waals surface area contributed by atoms with Gasteiger partial charge in [-0.1, -0.05) is 25.1 Å². The molecule has 0 bridgehead atoms. The maximum atomic E-state index is 5.32. The predicted octanol–water partition coefficient (Wildman–Crippen LogP) is 2.17. The van der Waals surface area contributed by atoms with E-state index in [2.05, 4.69) is 30.5 Å². The summed E-state index contributed by atoms with van der Waals surface area (Å²) in [6, 6.07) is 8.59. The fourth-order valence-electron chi connectivity index (χ4n) is 1.70. The van der Waals surface area contributed by atoms with E-state index in [0.29, 0.717) is 6.04 Å². The van der Waals surface area contributed by atoms with Crippen molar-refractivity contribution in [1.29, 1.82) is 0 Å². The van der Waals surface area contributed by atoms with Crippen LogP contribution in [0.25, 0.3) is 0 Å². The van der Waals surface area contributed by atoms with Crippen LogP contribution in [0.15, 0.2) is 24.3 Å². The summed E-state index contributed by atoms with van der Waals surface area (Å²) >= 11 is 0. The smallest absolute Gasteiger partial charge is 0.123 e. The number of para-hydroxylation sites is 1. The van der Waals surface area contributed by atoms with Crippen molar-refractivity contribution in [3.05, 3.63) is 29.8 Å². The molecule has 0 fully saturated rings.